The van der Waals surface area contributed by atoms with E-state index in [0.717, 1.165) is 5.56 Å². The fourth-order valence-corrected chi connectivity index (χ4v) is 3.54. The molecule has 2 amide bonds. The van der Waals surface area contributed by atoms with Crippen LogP contribution >= 0.6 is 0 Å². The first-order valence-corrected chi connectivity index (χ1v) is 10.7. The van der Waals surface area contributed by atoms with Gasteiger partial charge in [0, 0.05) is 26.4 Å². The lowest BCUT2D eigenvalue weighted by Gasteiger charge is -2.28. The standard InChI is InChI=1S/C24H29FN2O5/c1-4-30-22(28)24(2,32-21-8-6-5-7-20(21)25)15-17-9-11-19(12-10-17)31-14-13-18-16-26-23(29)27(18)3/h5-12,18H,4,13-16H2,1-3H3,(H,26,29)/t18-,24+/m0/s1. The first kappa shape index (κ1) is 23.4. The highest BCUT2D eigenvalue weighted by atomic mass is 19.1. The van der Waals surface area contributed by atoms with Gasteiger partial charge in [0.05, 0.1) is 19.3 Å². The number of urea groups is 1. The zero-order valence-corrected chi connectivity index (χ0v) is 18.6. The van der Waals surface area contributed by atoms with E-state index in [2.05, 4.69) is 5.32 Å². The number of rotatable bonds is 10. The number of hydrogen-bond acceptors (Lipinski definition) is 5. The molecule has 0 bridgehead atoms. The lowest BCUT2D eigenvalue weighted by molar-refractivity contribution is -0.160. The Bertz CT molecular complexity index is 936. The number of carbonyl (C=O) groups excluding carboxylic acids is 2. The number of likely N-dealkylation sites (N-methyl/N-ethyl adjacent to an activating group) is 1. The third-order valence-corrected chi connectivity index (χ3v) is 5.42. The topological polar surface area (TPSA) is 77.1 Å². The second-order valence-electron chi connectivity index (χ2n) is 7.89. The van der Waals surface area contributed by atoms with Gasteiger partial charge in [0.1, 0.15) is 5.75 Å². The Balaban J connectivity index is 1.63. The van der Waals surface area contributed by atoms with Crippen molar-refractivity contribution >= 4 is 12.0 Å². The Morgan fingerprint density at radius 3 is 2.56 bits per heavy atom. The summed E-state index contributed by atoms with van der Waals surface area (Å²) in [6.07, 6.45) is 0.912. The van der Waals surface area contributed by atoms with Gasteiger partial charge in [-0.05, 0) is 43.7 Å². The molecule has 0 saturated carbocycles. The predicted octanol–water partition coefficient (Wildman–Crippen LogP) is 3.56. The van der Waals surface area contributed by atoms with Crippen molar-refractivity contribution in [2.75, 3.05) is 26.8 Å². The fourth-order valence-electron chi connectivity index (χ4n) is 3.54. The minimum Gasteiger partial charge on any atom is -0.494 e. The average Bonchev–Trinajstić information content (AvgIpc) is 3.09. The highest BCUT2D eigenvalue weighted by Crippen LogP contribution is 2.27. The number of carbonyl (C=O) groups is 2. The Morgan fingerprint density at radius 2 is 1.94 bits per heavy atom. The molecule has 1 aliphatic heterocycles. The van der Waals surface area contributed by atoms with Crippen molar-refractivity contribution in [3.8, 4) is 11.5 Å². The molecule has 2 atom stereocenters. The molecule has 0 spiro atoms. The number of ether oxygens (including phenoxy) is 3. The van der Waals surface area contributed by atoms with E-state index in [1.807, 2.05) is 24.3 Å². The maximum Gasteiger partial charge on any atom is 0.350 e. The van der Waals surface area contributed by atoms with Gasteiger partial charge in [0.15, 0.2) is 11.6 Å². The van der Waals surface area contributed by atoms with E-state index in [1.54, 1.807) is 37.9 Å². The summed E-state index contributed by atoms with van der Waals surface area (Å²) in [7, 11) is 1.77. The van der Waals surface area contributed by atoms with Crippen LogP contribution in [0.1, 0.15) is 25.8 Å². The van der Waals surface area contributed by atoms with Gasteiger partial charge in [0.2, 0.25) is 5.60 Å². The van der Waals surface area contributed by atoms with Crippen molar-refractivity contribution < 1.29 is 28.2 Å². The van der Waals surface area contributed by atoms with E-state index >= 15 is 0 Å². The van der Waals surface area contributed by atoms with Crippen LogP contribution in [0.5, 0.6) is 11.5 Å². The number of para-hydroxylation sites is 1. The summed E-state index contributed by atoms with van der Waals surface area (Å²) >= 11 is 0. The second-order valence-corrected chi connectivity index (χ2v) is 7.89. The van der Waals surface area contributed by atoms with Crippen molar-refractivity contribution in [3.63, 3.8) is 0 Å². The largest absolute Gasteiger partial charge is 0.494 e. The summed E-state index contributed by atoms with van der Waals surface area (Å²) in [6, 6.07) is 13.3. The Morgan fingerprint density at radius 1 is 1.22 bits per heavy atom. The van der Waals surface area contributed by atoms with Crippen LogP contribution in [-0.4, -0.2) is 55.3 Å². The molecule has 1 aliphatic rings. The first-order valence-electron chi connectivity index (χ1n) is 10.7. The number of nitrogens with one attached hydrogen (secondary N) is 1. The maximum absolute atomic E-state index is 14.1. The normalized spacial score (nSPS) is 17.4. The summed E-state index contributed by atoms with van der Waals surface area (Å²) < 4.78 is 30.9. The molecule has 1 heterocycles. The minimum atomic E-state index is -1.40. The van der Waals surface area contributed by atoms with Gasteiger partial charge in [-0.1, -0.05) is 24.3 Å². The quantitative estimate of drug-likeness (QED) is 0.567. The summed E-state index contributed by atoms with van der Waals surface area (Å²) in [5.74, 6) is -0.432. The summed E-state index contributed by atoms with van der Waals surface area (Å²) in [5.41, 5.74) is -0.581. The highest BCUT2D eigenvalue weighted by Gasteiger charge is 2.38. The molecule has 0 aromatic heterocycles. The van der Waals surface area contributed by atoms with Crippen molar-refractivity contribution in [2.45, 2.75) is 38.3 Å². The number of halogens is 1. The van der Waals surface area contributed by atoms with Gasteiger partial charge in [-0.25, -0.2) is 14.0 Å². The summed E-state index contributed by atoms with van der Waals surface area (Å²) in [4.78, 5) is 25.8. The zero-order valence-electron chi connectivity index (χ0n) is 18.6. The van der Waals surface area contributed by atoms with Crippen LogP contribution in [0.2, 0.25) is 0 Å². The van der Waals surface area contributed by atoms with E-state index in [4.69, 9.17) is 14.2 Å². The van der Waals surface area contributed by atoms with E-state index < -0.39 is 17.4 Å². The molecule has 172 valence electrons. The lowest BCUT2D eigenvalue weighted by atomic mass is 9.96. The highest BCUT2D eigenvalue weighted by molar-refractivity contribution is 5.80. The molecule has 2 aromatic rings. The molecule has 0 unspecified atom stereocenters. The lowest BCUT2D eigenvalue weighted by Crippen LogP contribution is -2.45. The van der Waals surface area contributed by atoms with Crippen molar-refractivity contribution in [1.82, 2.24) is 10.2 Å². The summed E-state index contributed by atoms with van der Waals surface area (Å²) in [5, 5.41) is 2.79. The Labute approximate surface area is 187 Å². The number of benzene rings is 2. The van der Waals surface area contributed by atoms with Crippen molar-refractivity contribution in [3.05, 3.63) is 59.9 Å². The predicted molar refractivity (Wildman–Crippen MR) is 117 cm³/mol. The molecule has 1 saturated heterocycles. The first-order chi connectivity index (χ1) is 15.3. The Kier molecular flexibility index (Phi) is 7.56. The maximum atomic E-state index is 14.1. The molecule has 1 N–H and O–H groups in total. The molecule has 1 fully saturated rings. The van der Waals surface area contributed by atoms with Crippen LogP contribution in [0.25, 0.3) is 0 Å². The van der Waals surface area contributed by atoms with Gasteiger partial charge in [-0.15, -0.1) is 0 Å². The van der Waals surface area contributed by atoms with Gasteiger partial charge >= 0.3 is 12.0 Å². The average molecular weight is 445 g/mol. The summed E-state index contributed by atoms with van der Waals surface area (Å²) in [6.45, 7) is 4.59. The number of hydrogen-bond donors (Lipinski definition) is 1. The molecule has 7 nitrogen and oxygen atoms in total. The molecule has 3 rings (SSSR count). The molecule has 0 radical (unpaired) electrons. The smallest absolute Gasteiger partial charge is 0.350 e. The third-order valence-electron chi connectivity index (χ3n) is 5.42. The fraction of sp³-hybridized carbons (Fsp3) is 0.417. The van der Waals surface area contributed by atoms with Crippen LogP contribution in [0.15, 0.2) is 48.5 Å². The van der Waals surface area contributed by atoms with Gasteiger partial charge in [0.25, 0.3) is 0 Å². The molecular weight excluding hydrogens is 415 g/mol. The van der Waals surface area contributed by atoms with E-state index in [1.165, 1.54) is 12.1 Å². The van der Waals surface area contributed by atoms with E-state index in [0.29, 0.717) is 25.3 Å². The molecule has 8 heteroatoms. The van der Waals surface area contributed by atoms with Gasteiger partial charge < -0.3 is 24.4 Å². The second kappa shape index (κ2) is 10.3. The number of nitrogens with zero attached hydrogens (tertiary/aromatic N) is 1. The van der Waals surface area contributed by atoms with Crippen LogP contribution in [0, 0.1) is 5.82 Å². The van der Waals surface area contributed by atoms with E-state index in [9.17, 15) is 14.0 Å². The zero-order chi connectivity index (χ0) is 23.1. The SMILES string of the molecule is CCOC(=O)[C@@](C)(Cc1ccc(OCC[C@H]2CNC(=O)N2C)cc1)Oc1ccccc1F. The molecular formula is C24H29FN2O5. The molecule has 0 aliphatic carbocycles. The number of amides is 2. The van der Waals surface area contributed by atoms with Crippen molar-refractivity contribution in [1.29, 1.82) is 0 Å². The van der Waals surface area contributed by atoms with Gasteiger partial charge in [-0.3, -0.25) is 0 Å². The monoisotopic (exact) mass is 444 g/mol. The van der Waals surface area contributed by atoms with Crippen LogP contribution in [-0.2, 0) is 16.0 Å². The Hall–Kier alpha value is -3.29. The minimum absolute atomic E-state index is 0.00661. The van der Waals surface area contributed by atoms with E-state index in [-0.39, 0.29) is 30.9 Å². The molecule has 2 aromatic carbocycles. The van der Waals surface area contributed by atoms with Crippen LogP contribution in [0.3, 0.4) is 0 Å². The van der Waals surface area contributed by atoms with Crippen LogP contribution < -0.4 is 14.8 Å². The third kappa shape index (κ3) is 5.69. The van der Waals surface area contributed by atoms with Gasteiger partial charge in [-0.2, -0.15) is 0 Å². The van der Waals surface area contributed by atoms with Crippen LogP contribution in [0.4, 0.5) is 9.18 Å². The van der Waals surface area contributed by atoms with Crippen molar-refractivity contribution in [2.24, 2.45) is 0 Å². The molecule has 32 heavy (non-hydrogen) atoms. The number of esters is 1.